The van der Waals surface area contributed by atoms with Gasteiger partial charge in [-0.1, -0.05) is 29.8 Å². The van der Waals surface area contributed by atoms with Crippen molar-refractivity contribution in [2.45, 2.75) is 12.5 Å². The molecule has 3 heterocycles. The molecule has 1 aromatic carbocycles. The van der Waals surface area contributed by atoms with Crippen LogP contribution in [0.15, 0.2) is 46.9 Å². The van der Waals surface area contributed by atoms with E-state index in [9.17, 15) is 14.4 Å². The molecule has 2 aliphatic heterocycles. The molecule has 4 amide bonds. The van der Waals surface area contributed by atoms with Gasteiger partial charge in [0.05, 0.1) is 18.3 Å². The zero-order chi connectivity index (χ0) is 19.0. The van der Waals surface area contributed by atoms with Crippen LogP contribution in [-0.4, -0.2) is 46.6 Å². The van der Waals surface area contributed by atoms with E-state index < -0.39 is 17.8 Å². The Hall–Kier alpha value is -2.71. The van der Waals surface area contributed by atoms with Crippen LogP contribution in [0.3, 0.4) is 0 Å². The Morgan fingerprint density at radius 1 is 1.26 bits per heavy atom. The first kappa shape index (κ1) is 17.7. The molecule has 7 nitrogen and oxygen atoms in total. The molecule has 0 aliphatic carbocycles. The molecule has 1 aromatic heterocycles. The van der Waals surface area contributed by atoms with Crippen LogP contribution in [0.2, 0.25) is 5.02 Å². The number of nitrogens with zero attached hydrogens (tertiary/aromatic N) is 3. The molecule has 1 saturated heterocycles. The molecule has 27 heavy (non-hydrogen) atoms. The highest BCUT2D eigenvalue weighted by molar-refractivity contribution is 7.10. The van der Waals surface area contributed by atoms with Gasteiger partial charge in [0.1, 0.15) is 6.54 Å². The predicted octanol–water partition coefficient (Wildman–Crippen LogP) is 2.63. The number of thiophene rings is 1. The summed E-state index contributed by atoms with van der Waals surface area (Å²) in [5.74, 6) is -0.815. The van der Waals surface area contributed by atoms with Crippen LogP contribution in [0, 0.1) is 0 Å². The van der Waals surface area contributed by atoms with Crippen LogP contribution in [-0.2, 0) is 9.59 Å². The van der Waals surface area contributed by atoms with Crippen LogP contribution in [0.5, 0.6) is 0 Å². The lowest BCUT2D eigenvalue weighted by atomic mass is 10.0. The van der Waals surface area contributed by atoms with E-state index in [-0.39, 0.29) is 19.1 Å². The number of hydrogen-bond acceptors (Lipinski definition) is 5. The van der Waals surface area contributed by atoms with Crippen LogP contribution < -0.4 is 5.32 Å². The number of carbonyl (C=O) groups is 3. The van der Waals surface area contributed by atoms with E-state index in [2.05, 4.69) is 10.4 Å². The lowest BCUT2D eigenvalue weighted by Crippen LogP contribution is -2.41. The Balaban J connectivity index is 1.61. The van der Waals surface area contributed by atoms with Gasteiger partial charge in [0.15, 0.2) is 0 Å². The van der Waals surface area contributed by atoms with Crippen molar-refractivity contribution >= 4 is 46.5 Å². The number of imide groups is 1. The Kier molecular flexibility index (Phi) is 4.67. The number of nitrogens with one attached hydrogen (secondary N) is 1. The molecule has 1 unspecified atom stereocenters. The van der Waals surface area contributed by atoms with Crippen LogP contribution in [0.1, 0.15) is 22.9 Å². The van der Waals surface area contributed by atoms with Gasteiger partial charge in [0.2, 0.25) is 0 Å². The second-order valence-electron chi connectivity index (χ2n) is 6.17. The van der Waals surface area contributed by atoms with Crippen molar-refractivity contribution in [3.05, 3.63) is 57.2 Å². The number of urea groups is 1. The third-order valence-electron chi connectivity index (χ3n) is 4.45. The molecule has 0 saturated carbocycles. The third kappa shape index (κ3) is 3.45. The van der Waals surface area contributed by atoms with Crippen LogP contribution in [0.4, 0.5) is 4.79 Å². The van der Waals surface area contributed by atoms with Gasteiger partial charge < -0.3 is 5.32 Å². The SMILES string of the molecule is O=C1CNC(=O)N1CC(=O)N1N=C(c2ccc(Cl)cc2)CC1c1cccs1. The Morgan fingerprint density at radius 2 is 2.04 bits per heavy atom. The first-order valence-corrected chi connectivity index (χ1v) is 9.56. The number of rotatable bonds is 4. The summed E-state index contributed by atoms with van der Waals surface area (Å²) in [7, 11) is 0. The average Bonchev–Trinajstić information content (AvgIpc) is 3.38. The van der Waals surface area contributed by atoms with E-state index in [1.54, 1.807) is 12.1 Å². The maximum Gasteiger partial charge on any atom is 0.325 e. The van der Waals surface area contributed by atoms with Gasteiger partial charge in [-0.2, -0.15) is 5.10 Å². The summed E-state index contributed by atoms with van der Waals surface area (Å²) in [6.45, 7) is -0.413. The Morgan fingerprint density at radius 3 is 2.67 bits per heavy atom. The molecule has 1 N–H and O–H groups in total. The summed E-state index contributed by atoms with van der Waals surface area (Å²) in [4.78, 5) is 38.3. The highest BCUT2D eigenvalue weighted by Gasteiger charge is 2.37. The van der Waals surface area contributed by atoms with Gasteiger partial charge in [-0.15, -0.1) is 11.3 Å². The summed E-state index contributed by atoms with van der Waals surface area (Å²) >= 11 is 7.49. The maximum atomic E-state index is 12.9. The topological polar surface area (TPSA) is 82.1 Å². The smallest absolute Gasteiger partial charge is 0.325 e. The minimum absolute atomic E-state index is 0.0836. The van der Waals surface area contributed by atoms with Gasteiger partial charge in [-0.05, 0) is 29.1 Å². The maximum absolute atomic E-state index is 12.9. The predicted molar refractivity (Wildman–Crippen MR) is 102 cm³/mol. The highest BCUT2D eigenvalue weighted by Crippen LogP contribution is 2.35. The van der Waals surface area contributed by atoms with Gasteiger partial charge in [0, 0.05) is 16.3 Å². The Bertz CT molecular complexity index is 911. The standard InChI is InChI=1S/C18H15ClN4O3S/c19-12-5-3-11(4-6-12)13-8-14(15-2-1-7-27-15)23(21-13)17(25)10-22-16(24)9-20-18(22)26/h1-7,14H,8-10H2,(H,20,26). The van der Waals surface area contributed by atoms with Crippen molar-refractivity contribution in [1.82, 2.24) is 15.2 Å². The number of carbonyl (C=O) groups excluding carboxylic acids is 3. The molecule has 0 spiro atoms. The first-order valence-electron chi connectivity index (χ1n) is 8.30. The normalized spacial score (nSPS) is 19.4. The second kappa shape index (κ2) is 7.13. The van der Waals surface area contributed by atoms with Gasteiger partial charge in [-0.25, -0.2) is 9.80 Å². The monoisotopic (exact) mass is 402 g/mol. The molecule has 4 rings (SSSR count). The van der Waals surface area contributed by atoms with Crippen molar-refractivity contribution in [3.8, 4) is 0 Å². The number of halogens is 1. The number of amides is 4. The van der Waals surface area contributed by atoms with E-state index in [1.165, 1.54) is 16.3 Å². The minimum Gasteiger partial charge on any atom is -0.329 e. The average molecular weight is 403 g/mol. The molecule has 0 radical (unpaired) electrons. The summed E-state index contributed by atoms with van der Waals surface area (Å²) in [5, 5.41) is 10.9. The second-order valence-corrected chi connectivity index (χ2v) is 7.58. The molecular formula is C18H15ClN4O3S. The fraction of sp³-hybridized carbons (Fsp3) is 0.222. The first-order chi connectivity index (χ1) is 13.0. The molecule has 1 fully saturated rings. The lowest BCUT2D eigenvalue weighted by Gasteiger charge is -2.22. The van der Waals surface area contributed by atoms with E-state index in [0.29, 0.717) is 11.4 Å². The van der Waals surface area contributed by atoms with E-state index in [0.717, 1.165) is 21.1 Å². The van der Waals surface area contributed by atoms with Crippen molar-refractivity contribution < 1.29 is 14.4 Å². The summed E-state index contributed by atoms with van der Waals surface area (Å²) in [6, 6.07) is 10.3. The number of hydrogen-bond donors (Lipinski definition) is 1. The van der Waals surface area contributed by atoms with Crippen molar-refractivity contribution in [2.24, 2.45) is 5.10 Å². The molecule has 2 aliphatic rings. The molecule has 2 aromatic rings. The van der Waals surface area contributed by atoms with Crippen LogP contribution >= 0.6 is 22.9 Å². The summed E-state index contributed by atoms with van der Waals surface area (Å²) < 4.78 is 0. The highest BCUT2D eigenvalue weighted by atomic mass is 35.5. The van der Waals surface area contributed by atoms with E-state index in [4.69, 9.17) is 11.6 Å². The Labute approximate surface area is 164 Å². The van der Waals surface area contributed by atoms with Gasteiger partial charge in [-0.3, -0.25) is 14.5 Å². The molecule has 1 atom stereocenters. The van der Waals surface area contributed by atoms with Crippen LogP contribution in [0.25, 0.3) is 0 Å². The quantitative estimate of drug-likeness (QED) is 0.798. The van der Waals surface area contributed by atoms with E-state index in [1.807, 2.05) is 29.6 Å². The third-order valence-corrected chi connectivity index (χ3v) is 5.67. The molecular weight excluding hydrogens is 388 g/mol. The fourth-order valence-corrected chi connectivity index (χ4v) is 4.02. The lowest BCUT2D eigenvalue weighted by molar-refractivity contribution is -0.137. The number of hydrazone groups is 1. The largest absolute Gasteiger partial charge is 0.329 e. The fourth-order valence-electron chi connectivity index (χ4n) is 3.08. The van der Waals surface area contributed by atoms with Gasteiger partial charge in [0.25, 0.3) is 11.8 Å². The summed E-state index contributed by atoms with van der Waals surface area (Å²) in [6.07, 6.45) is 0.550. The zero-order valence-electron chi connectivity index (χ0n) is 14.1. The van der Waals surface area contributed by atoms with Gasteiger partial charge >= 0.3 is 6.03 Å². The summed E-state index contributed by atoms with van der Waals surface area (Å²) in [5.41, 5.74) is 1.64. The van der Waals surface area contributed by atoms with E-state index >= 15 is 0 Å². The van der Waals surface area contributed by atoms with Crippen molar-refractivity contribution in [1.29, 1.82) is 0 Å². The van der Waals surface area contributed by atoms with Crippen molar-refractivity contribution in [2.75, 3.05) is 13.1 Å². The molecule has 0 bridgehead atoms. The van der Waals surface area contributed by atoms with Crippen molar-refractivity contribution in [3.63, 3.8) is 0 Å². The molecule has 138 valence electrons. The minimum atomic E-state index is -0.554. The number of benzene rings is 1. The molecule has 9 heteroatoms. The zero-order valence-corrected chi connectivity index (χ0v) is 15.7.